The third kappa shape index (κ3) is 4.22. The SMILES string of the molecule is COCCOCC(Cc1c(C)nn(C)c1Cl)NN. The predicted molar refractivity (Wildman–Crippen MR) is 70.5 cm³/mol. The molecule has 6 nitrogen and oxygen atoms in total. The molecule has 0 saturated carbocycles. The van der Waals surface area contributed by atoms with Gasteiger partial charge in [-0.2, -0.15) is 5.10 Å². The van der Waals surface area contributed by atoms with Gasteiger partial charge in [-0.3, -0.25) is 16.0 Å². The van der Waals surface area contributed by atoms with Crippen LogP contribution in [0.2, 0.25) is 5.15 Å². The fourth-order valence-electron chi connectivity index (χ4n) is 1.69. The van der Waals surface area contributed by atoms with Crippen LogP contribution in [0.3, 0.4) is 0 Å². The summed E-state index contributed by atoms with van der Waals surface area (Å²) in [5, 5.41) is 4.91. The first-order chi connectivity index (χ1) is 8.60. The van der Waals surface area contributed by atoms with Crippen LogP contribution in [0.1, 0.15) is 11.3 Å². The number of nitrogens with one attached hydrogen (secondary N) is 1. The van der Waals surface area contributed by atoms with E-state index in [1.165, 1.54) is 0 Å². The molecular formula is C11H21ClN4O2. The molecule has 1 aromatic heterocycles. The Labute approximate surface area is 112 Å². The summed E-state index contributed by atoms with van der Waals surface area (Å²) in [4.78, 5) is 0. The Morgan fingerprint density at radius 3 is 2.72 bits per heavy atom. The lowest BCUT2D eigenvalue weighted by Gasteiger charge is -2.16. The lowest BCUT2D eigenvalue weighted by atomic mass is 10.1. The molecule has 0 spiro atoms. The zero-order valence-electron chi connectivity index (χ0n) is 11.1. The molecule has 0 amide bonds. The van der Waals surface area contributed by atoms with E-state index >= 15 is 0 Å². The van der Waals surface area contributed by atoms with Crippen LogP contribution in [-0.2, 0) is 22.9 Å². The van der Waals surface area contributed by atoms with Gasteiger partial charge in [0.1, 0.15) is 5.15 Å². The Morgan fingerprint density at radius 2 is 2.22 bits per heavy atom. The Bertz CT molecular complexity index is 370. The number of hydrogen-bond donors (Lipinski definition) is 2. The van der Waals surface area contributed by atoms with Crippen LogP contribution in [0.5, 0.6) is 0 Å². The van der Waals surface area contributed by atoms with E-state index in [0.29, 0.717) is 31.4 Å². The van der Waals surface area contributed by atoms with Gasteiger partial charge in [0.2, 0.25) is 0 Å². The maximum atomic E-state index is 6.17. The van der Waals surface area contributed by atoms with Crippen LogP contribution >= 0.6 is 11.6 Å². The van der Waals surface area contributed by atoms with Gasteiger partial charge >= 0.3 is 0 Å². The van der Waals surface area contributed by atoms with Crippen LogP contribution in [0.4, 0.5) is 0 Å². The highest BCUT2D eigenvalue weighted by Crippen LogP contribution is 2.20. The van der Waals surface area contributed by atoms with E-state index < -0.39 is 0 Å². The van der Waals surface area contributed by atoms with E-state index in [9.17, 15) is 0 Å². The van der Waals surface area contributed by atoms with Gasteiger partial charge in [0.05, 0.1) is 25.5 Å². The van der Waals surface area contributed by atoms with E-state index in [1.807, 2.05) is 14.0 Å². The van der Waals surface area contributed by atoms with Crippen molar-refractivity contribution in [2.45, 2.75) is 19.4 Å². The Morgan fingerprint density at radius 1 is 1.50 bits per heavy atom. The molecule has 104 valence electrons. The molecule has 18 heavy (non-hydrogen) atoms. The van der Waals surface area contributed by atoms with Gasteiger partial charge in [-0.1, -0.05) is 11.6 Å². The van der Waals surface area contributed by atoms with Crippen LogP contribution in [0.15, 0.2) is 0 Å². The van der Waals surface area contributed by atoms with Crippen LogP contribution in [0, 0.1) is 6.92 Å². The number of aryl methyl sites for hydroxylation is 2. The van der Waals surface area contributed by atoms with Crippen molar-refractivity contribution in [2.24, 2.45) is 12.9 Å². The number of halogens is 1. The van der Waals surface area contributed by atoms with Gasteiger partial charge in [0.25, 0.3) is 0 Å². The summed E-state index contributed by atoms with van der Waals surface area (Å²) in [5.74, 6) is 5.51. The molecule has 0 aliphatic carbocycles. The lowest BCUT2D eigenvalue weighted by molar-refractivity contribution is 0.0587. The second-order valence-corrected chi connectivity index (χ2v) is 4.47. The van der Waals surface area contributed by atoms with Crippen molar-refractivity contribution >= 4 is 11.6 Å². The van der Waals surface area contributed by atoms with Gasteiger partial charge in [-0.05, 0) is 13.3 Å². The zero-order valence-corrected chi connectivity index (χ0v) is 11.8. The zero-order chi connectivity index (χ0) is 13.5. The highest BCUT2D eigenvalue weighted by molar-refractivity contribution is 6.30. The van der Waals surface area contributed by atoms with Gasteiger partial charge in [0, 0.05) is 25.8 Å². The molecule has 0 aromatic carbocycles. The van der Waals surface area contributed by atoms with Crippen molar-refractivity contribution < 1.29 is 9.47 Å². The first-order valence-electron chi connectivity index (χ1n) is 5.81. The monoisotopic (exact) mass is 276 g/mol. The second kappa shape index (κ2) is 7.70. The van der Waals surface area contributed by atoms with E-state index in [0.717, 1.165) is 11.3 Å². The number of methoxy groups -OCH3 is 1. The predicted octanol–water partition coefficient (Wildman–Crippen LogP) is 0.419. The Balaban J connectivity index is 2.51. The molecular weight excluding hydrogens is 256 g/mol. The summed E-state index contributed by atoms with van der Waals surface area (Å²) in [6.45, 7) is 3.56. The van der Waals surface area contributed by atoms with Gasteiger partial charge in [0.15, 0.2) is 0 Å². The number of hydrazine groups is 1. The van der Waals surface area contributed by atoms with Crippen molar-refractivity contribution in [1.29, 1.82) is 0 Å². The van der Waals surface area contributed by atoms with Crippen LogP contribution in [0.25, 0.3) is 0 Å². The summed E-state index contributed by atoms with van der Waals surface area (Å²) in [6, 6.07) is 0.00209. The molecule has 0 bridgehead atoms. The minimum absolute atomic E-state index is 0.00209. The van der Waals surface area contributed by atoms with Crippen molar-refractivity contribution in [1.82, 2.24) is 15.2 Å². The molecule has 0 saturated heterocycles. The Hall–Kier alpha value is -0.660. The molecule has 1 unspecified atom stereocenters. The second-order valence-electron chi connectivity index (χ2n) is 4.11. The number of rotatable bonds is 8. The summed E-state index contributed by atoms with van der Waals surface area (Å²) >= 11 is 6.17. The molecule has 1 heterocycles. The topological polar surface area (TPSA) is 74.3 Å². The minimum Gasteiger partial charge on any atom is -0.382 e. The molecule has 0 aliphatic rings. The highest BCUT2D eigenvalue weighted by Gasteiger charge is 2.16. The molecule has 0 fully saturated rings. The number of hydrogen-bond acceptors (Lipinski definition) is 5. The molecule has 1 rings (SSSR count). The summed E-state index contributed by atoms with van der Waals surface area (Å²) < 4.78 is 12.0. The number of aromatic nitrogens is 2. The summed E-state index contributed by atoms with van der Waals surface area (Å²) in [6.07, 6.45) is 0.683. The van der Waals surface area contributed by atoms with Crippen molar-refractivity contribution in [3.05, 3.63) is 16.4 Å². The number of nitrogens with zero attached hydrogens (tertiary/aromatic N) is 2. The molecule has 1 aromatic rings. The normalized spacial score (nSPS) is 12.9. The molecule has 3 N–H and O–H groups in total. The maximum absolute atomic E-state index is 6.17. The average Bonchev–Trinajstić information content (AvgIpc) is 2.59. The van der Waals surface area contributed by atoms with Crippen LogP contribution in [-0.4, -0.2) is 42.8 Å². The van der Waals surface area contributed by atoms with Crippen LogP contribution < -0.4 is 11.3 Å². The molecule has 0 radical (unpaired) electrons. The lowest BCUT2D eigenvalue weighted by Crippen LogP contribution is -2.40. The van der Waals surface area contributed by atoms with E-state index in [2.05, 4.69) is 10.5 Å². The van der Waals surface area contributed by atoms with E-state index in [4.69, 9.17) is 26.9 Å². The maximum Gasteiger partial charge on any atom is 0.130 e. The first-order valence-corrected chi connectivity index (χ1v) is 6.18. The van der Waals surface area contributed by atoms with Crippen molar-refractivity contribution in [2.75, 3.05) is 26.9 Å². The van der Waals surface area contributed by atoms with Gasteiger partial charge in [-0.25, -0.2) is 0 Å². The van der Waals surface area contributed by atoms with Crippen molar-refractivity contribution in [3.8, 4) is 0 Å². The van der Waals surface area contributed by atoms with Crippen molar-refractivity contribution in [3.63, 3.8) is 0 Å². The standard InChI is InChI=1S/C11H21ClN4O2/c1-8-10(11(12)16(2)15-8)6-9(14-13)7-18-5-4-17-3/h9,14H,4-7,13H2,1-3H3. The fourth-order valence-corrected chi connectivity index (χ4v) is 1.94. The summed E-state index contributed by atoms with van der Waals surface area (Å²) in [5.41, 5.74) is 4.64. The average molecular weight is 277 g/mol. The van der Waals surface area contributed by atoms with Gasteiger partial charge < -0.3 is 9.47 Å². The Kier molecular flexibility index (Phi) is 6.59. The van der Waals surface area contributed by atoms with E-state index in [-0.39, 0.29) is 6.04 Å². The largest absolute Gasteiger partial charge is 0.382 e. The summed E-state index contributed by atoms with van der Waals surface area (Å²) in [7, 11) is 3.46. The molecule has 7 heteroatoms. The van der Waals surface area contributed by atoms with Gasteiger partial charge in [-0.15, -0.1) is 0 Å². The molecule has 0 aliphatic heterocycles. The third-order valence-corrected chi connectivity index (χ3v) is 3.18. The molecule has 1 atom stereocenters. The first kappa shape index (κ1) is 15.4. The third-order valence-electron chi connectivity index (χ3n) is 2.71. The number of ether oxygens (including phenoxy) is 2. The minimum atomic E-state index is 0.00209. The fraction of sp³-hybridized carbons (Fsp3) is 0.727. The highest BCUT2D eigenvalue weighted by atomic mass is 35.5. The smallest absolute Gasteiger partial charge is 0.130 e. The van der Waals surface area contributed by atoms with E-state index in [1.54, 1.807) is 11.8 Å². The number of nitrogens with two attached hydrogens (primary N) is 1. The quantitative estimate of drug-likeness (QED) is 0.409.